The lowest BCUT2D eigenvalue weighted by atomic mass is 10.2. The molecule has 0 saturated heterocycles. The van der Waals surface area contributed by atoms with Gasteiger partial charge < -0.3 is 9.84 Å². The molecule has 0 radical (unpaired) electrons. The number of rotatable bonds is 5. The largest absolute Gasteiger partial charge is 0.457 e. The topological polar surface area (TPSA) is 75.6 Å². The number of aliphatic hydroxyl groups excluding tert-OH is 1. The van der Waals surface area contributed by atoms with Gasteiger partial charge in [-0.3, -0.25) is 0 Å². The highest BCUT2D eigenvalue weighted by atomic mass is 32.2. The first kappa shape index (κ1) is 16.0. The molecule has 1 fully saturated rings. The Morgan fingerprint density at radius 3 is 2.22 bits per heavy atom. The van der Waals surface area contributed by atoms with Gasteiger partial charge in [0.05, 0.1) is 11.0 Å². The summed E-state index contributed by atoms with van der Waals surface area (Å²) in [6.45, 7) is 0. The van der Waals surface area contributed by atoms with Crippen LogP contribution in [0.2, 0.25) is 0 Å². The first-order valence-corrected chi connectivity index (χ1v) is 9.06. The molecule has 3 rings (SSSR count). The van der Waals surface area contributed by atoms with Gasteiger partial charge in [-0.1, -0.05) is 18.2 Å². The van der Waals surface area contributed by atoms with Crippen LogP contribution in [-0.4, -0.2) is 25.7 Å². The van der Waals surface area contributed by atoms with E-state index in [1.165, 1.54) is 12.1 Å². The molecule has 0 spiro atoms. The minimum absolute atomic E-state index is 0.164. The van der Waals surface area contributed by atoms with Gasteiger partial charge in [0.25, 0.3) is 0 Å². The highest BCUT2D eigenvalue weighted by molar-refractivity contribution is 7.89. The Morgan fingerprint density at radius 1 is 0.957 bits per heavy atom. The van der Waals surface area contributed by atoms with Crippen LogP contribution in [0.25, 0.3) is 0 Å². The van der Waals surface area contributed by atoms with Crippen molar-refractivity contribution in [2.24, 2.45) is 0 Å². The quantitative estimate of drug-likeness (QED) is 0.882. The van der Waals surface area contributed by atoms with Crippen LogP contribution in [0.1, 0.15) is 19.3 Å². The minimum atomic E-state index is -3.63. The molecule has 1 saturated carbocycles. The zero-order chi connectivity index (χ0) is 16.3. The Hall–Kier alpha value is -1.89. The van der Waals surface area contributed by atoms with E-state index < -0.39 is 22.2 Å². The summed E-state index contributed by atoms with van der Waals surface area (Å²) in [5, 5.41) is 9.76. The molecule has 122 valence electrons. The second kappa shape index (κ2) is 6.70. The van der Waals surface area contributed by atoms with E-state index in [2.05, 4.69) is 4.72 Å². The lowest BCUT2D eigenvalue weighted by Gasteiger charge is -2.16. The number of sulfonamides is 1. The van der Waals surface area contributed by atoms with E-state index in [0.29, 0.717) is 24.3 Å². The smallest absolute Gasteiger partial charge is 0.240 e. The van der Waals surface area contributed by atoms with Crippen molar-refractivity contribution in [1.82, 2.24) is 4.72 Å². The van der Waals surface area contributed by atoms with Gasteiger partial charge in [0.1, 0.15) is 11.5 Å². The van der Waals surface area contributed by atoms with E-state index in [-0.39, 0.29) is 4.90 Å². The van der Waals surface area contributed by atoms with Crippen molar-refractivity contribution in [1.29, 1.82) is 0 Å². The van der Waals surface area contributed by atoms with Crippen LogP contribution in [0.3, 0.4) is 0 Å². The molecule has 5 nitrogen and oxygen atoms in total. The van der Waals surface area contributed by atoms with Crippen molar-refractivity contribution >= 4 is 10.0 Å². The predicted molar refractivity (Wildman–Crippen MR) is 86.9 cm³/mol. The molecule has 1 aliphatic carbocycles. The Morgan fingerprint density at radius 2 is 1.61 bits per heavy atom. The highest BCUT2D eigenvalue weighted by Crippen LogP contribution is 2.24. The van der Waals surface area contributed by atoms with Crippen LogP contribution in [-0.2, 0) is 10.0 Å². The normalized spacial score (nSPS) is 21.3. The molecule has 2 atom stereocenters. The number of ether oxygens (including phenoxy) is 1. The van der Waals surface area contributed by atoms with Crippen LogP contribution in [0.15, 0.2) is 59.5 Å². The van der Waals surface area contributed by atoms with Gasteiger partial charge in [0.15, 0.2) is 0 Å². The Labute approximate surface area is 136 Å². The molecule has 0 bridgehead atoms. The number of aliphatic hydroxyl groups is 1. The molecule has 2 aromatic carbocycles. The minimum Gasteiger partial charge on any atom is -0.457 e. The van der Waals surface area contributed by atoms with Gasteiger partial charge in [0.2, 0.25) is 10.0 Å². The maximum atomic E-state index is 12.3. The van der Waals surface area contributed by atoms with E-state index in [1.54, 1.807) is 12.1 Å². The number of para-hydroxylation sites is 1. The molecule has 1 aliphatic rings. The fraction of sp³-hybridized carbons (Fsp3) is 0.294. The van der Waals surface area contributed by atoms with Crippen LogP contribution < -0.4 is 9.46 Å². The zero-order valence-electron chi connectivity index (χ0n) is 12.6. The van der Waals surface area contributed by atoms with Crippen molar-refractivity contribution in [3.63, 3.8) is 0 Å². The highest BCUT2D eigenvalue weighted by Gasteiger charge is 2.29. The summed E-state index contributed by atoms with van der Waals surface area (Å²) >= 11 is 0. The summed E-state index contributed by atoms with van der Waals surface area (Å²) in [6.07, 6.45) is 1.52. The lowest BCUT2D eigenvalue weighted by Crippen LogP contribution is -2.39. The number of hydrogen-bond acceptors (Lipinski definition) is 4. The van der Waals surface area contributed by atoms with Crippen LogP contribution in [0.5, 0.6) is 11.5 Å². The Kier molecular flexibility index (Phi) is 4.66. The van der Waals surface area contributed by atoms with Crippen molar-refractivity contribution in [3.05, 3.63) is 54.6 Å². The SMILES string of the molecule is O=S(=O)(N[C@@H]1CCC[C@@H]1O)c1ccc(Oc2ccccc2)cc1. The third-order valence-electron chi connectivity index (χ3n) is 3.90. The fourth-order valence-electron chi connectivity index (χ4n) is 2.66. The second-order valence-electron chi connectivity index (χ2n) is 5.61. The van der Waals surface area contributed by atoms with Crippen LogP contribution in [0.4, 0.5) is 0 Å². The van der Waals surface area contributed by atoms with E-state index >= 15 is 0 Å². The maximum absolute atomic E-state index is 12.3. The number of nitrogens with one attached hydrogen (secondary N) is 1. The maximum Gasteiger partial charge on any atom is 0.240 e. The first-order chi connectivity index (χ1) is 11.0. The average molecular weight is 333 g/mol. The van der Waals surface area contributed by atoms with Gasteiger partial charge in [-0.2, -0.15) is 0 Å². The standard InChI is InChI=1S/C17H19NO4S/c19-17-8-4-7-16(17)18-23(20,21)15-11-9-14(10-12-15)22-13-5-2-1-3-6-13/h1-3,5-6,9-12,16-19H,4,7-8H2/t16-,17+/m1/s1. The average Bonchev–Trinajstić information content (AvgIpc) is 2.93. The molecule has 0 heterocycles. The van der Waals surface area contributed by atoms with E-state index in [9.17, 15) is 13.5 Å². The lowest BCUT2D eigenvalue weighted by molar-refractivity contribution is 0.159. The summed E-state index contributed by atoms with van der Waals surface area (Å²) in [6, 6.07) is 15.1. The number of benzene rings is 2. The van der Waals surface area contributed by atoms with E-state index in [4.69, 9.17) is 4.74 Å². The number of hydrogen-bond donors (Lipinski definition) is 2. The van der Waals surface area contributed by atoms with Gasteiger partial charge in [-0.15, -0.1) is 0 Å². The first-order valence-electron chi connectivity index (χ1n) is 7.58. The summed E-state index contributed by atoms with van der Waals surface area (Å²) < 4.78 is 32.9. The molecule has 2 N–H and O–H groups in total. The molecule has 0 amide bonds. The van der Waals surface area contributed by atoms with Crippen LogP contribution >= 0.6 is 0 Å². The van der Waals surface area contributed by atoms with Gasteiger partial charge in [0, 0.05) is 6.04 Å². The summed E-state index contributed by atoms with van der Waals surface area (Å²) in [4.78, 5) is 0.164. The summed E-state index contributed by atoms with van der Waals surface area (Å²) in [7, 11) is -3.63. The van der Waals surface area contributed by atoms with E-state index in [0.717, 1.165) is 6.42 Å². The molecule has 0 unspecified atom stereocenters. The second-order valence-corrected chi connectivity index (χ2v) is 7.33. The Balaban J connectivity index is 1.71. The van der Waals surface area contributed by atoms with Gasteiger partial charge >= 0.3 is 0 Å². The van der Waals surface area contributed by atoms with E-state index in [1.807, 2.05) is 30.3 Å². The Bertz CT molecular complexity index is 744. The molecular weight excluding hydrogens is 314 g/mol. The van der Waals surface area contributed by atoms with Crippen LogP contribution in [0, 0.1) is 0 Å². The van der Waals surface area contributed by atoms with Crippen molar-refractivity contribution in [2.45, 2.75) is 36.3 Å². The van der Waals surface area contributed by atoms with Crippen molar-refractivity contribution in [3.8, 4) is 11.5 Å². The zero-order valence-corrected chi connectivity index (χ0v) is 13.4. The molecule has 0 aliphatic heterocycles. The molecule has 23 heavy (non-hydrogen) atoms. The molecular formula is C17H19NO4S. The van der Waals surface area contributed by atoms with Gasteiger partial charge in [-0.25, -0.2) is 13.1 Å². The summed E-state index contributed by atoms with van der Waals surface area (Å²) in [5.74, 6) is 1.26. The molecule has 2 aromatic rings. The third kappa shape index (κ3) is 3.90. The fourth-order valence-corrected chi connectivity index (χ4v) is 3.96. The predicted octanol–water partition coefficient (Wildman–Crippen LogP) is 2.67. The molecule has 6 heteroatoms. The van der Waals surface area contributed by atoms with Crippen molar-refractivity contribution < 1.29 is 18.3 Å². The molecule has 0 aromatic heterocycles. The monoisotopic (exact) mass is 333 g/mol. The third-order valence-corrected chi connectivity index (χ3v) is 5.40. The van der Waals surface area contributed by atoms with Gasteiger partial charge in [-0.05, 0) is 55.7 Å². The van der Waals surface area contributed by atoms with Crippen molar-refractivity contribution in [2.75, 3.05) is 0 Å². The summed E-state index contributed by atoms with van der Waals surface area (Å²) in [5.41, 5.74) is 0.